The fraction of sp³-hybridized carbons (Fsp3) is 0. The van der Waals surface area contributed by atoms with Gasteiger partial charge in [-0.3, -0.25) is 4.79 Å². The summed E-state index contributed by atoms with van der Waals surface area (Å²) in [6, 6.07) is 8.97. The lowest BCUT2D eigenvalue weighted by atomic mass is 10.2. The molecule has 7 heteroatoms. The van der Waals surface area contributed by atoms with Gasteiger partial charge in [-0.05, 0) is 45.6 Å². The molecule has 106 valence electrons. The van der Waals surface area contributed by atoms with Crippen LogP contribution in [0, 0.1) is 0 Å². The second kappa shape index (κ2) is 6.01. The Balaban J connectivity index is 1.98. The van der Waals surface area contributed by atoms with Crippen molar-refractivity contribution in [3.63, 3.8) is 0 Å². The summed E-state index contributed by atoms with van der Waals surface area (Å²) in [5.41, 5.74) is 1.25. The van der Waals surface area contributed by atoms with Crippen LogP contribution in [0.3, 0.4) is 0 Å². The van der Waals surface area contributed by atoms with E-state index in [1.54, 1.807) is 41.3 Å². The van der Waals surface area contributed by atoms with Gasteiger partial charge in [0.25, 0.3) is 5.91 Å². The summed E-state index contributed by atoms with van der Waals surface area (Å²) in [6.07, 6.45) is 3.43. The van der Waals surface area contributed by atoms with Crippen LogP contribution in [0.4, 0.5) is 5.69 Å². The van der Waals surface area contributed by atoms with Crippen LogP contribution in [0.2, 0.25) is 5.02 Å². The van der Waals surface area contributed by atoms with Crippen LogP contribution in [0.1, 0.15) is 9.67 Å². The number of benzene rings is 1. The topological polar surface area (TPSA) is 46.9 Å². The van der Waals surface area contributed by atoms with Crippen molar-refractivity contribution in [3.8, 4) is 5.69 Å². The summed E-state index contributed by atoms with van der Waals surface area (Å²) in [7, 11) is 0. The molecule has 4 nitrogen and oxygen atoms in total. The van der Waals surface area contributed by atoms with Crippen molar-refractivity contribution in [2.75, 3.05) is 5.32 Å². The van der Waals surface area contributed by atoms with Crippen molar-refractivity contribution < 1.29 is 4.79 Å². The average Bonchev–Trinajstić information content (AvgIpc) is 3.10. The Morgan fingerprint density at radius 1 is 1.33 bits per heavy atom. The summed E-state index contributed by atoms with van der Waals surface area (Å²) in [5, 5.41) is 9.42. The lowest BCUT2D eigenvalue weighted by Gasteiger charge is -2.12. The molecule has 0 fully saturated rings. The van der Waals surface area contributed by atoms with Gasteiger partial charge in [0, 0.05) is 16.9 Å². The molecule has 0 unspecified atom stereocenters. The smallest absolute Gasteiger partial charge is 0.266 e. The monoisotopic (exact) mass is 381 g/mol. The fourth-order valence-corrected chi connectivity index (χ4v) is 3.59. The minimum absolute atomic E-state index is 0.187. The minimum Gasteiger partial charge on any atom is -0.319 e. The van der Waals surface area contributed by atoms with Crippen molar-refractivity contribution in [2.24, 2.45) is 0 Å². The SMILES string of the molecule is O=C(Nc1cccc(Cl)c1-n1cccn1)c1sccc1Br. The fourth-order valence-electron chi connectivity index (χ4n) is 1.88. The van der Waals surface area contributed by atoms with Crippen molar-refractivity contribution in [3.05, 3.63) is 62.5 Å². The normalized spacial score (nSPS) is 10.6. The molecule has 3 aromatic rings. The highest BCUT2D eigenvalue weighted by atomic mass is 79.9. The summed E-state index contributed by atoms with van der Waals surface area (Å²) >= 11 is 11.0. The molecule has 0 saturated heterocycles. The van der Waals surface area contributed by atoms with Crippen molar-refractivity contribution in [1.82, 2.24) is 9.78 Å². The zero-order valence-electron chi connectivity index (χ0n) is 10.6. The second-order valence-electron chi connectivity index (χ2n) is 4.14. The first-order valence-corrected chi connectivity index (χ1v) is 8.05. The molecule has 0 saturated carbocycles. The van der Waals surface area contributed by atoms with Crippen LogP contribution in [-0.2, 0) is 0 Å². The quantitative estimate of drug-likeness (QED) is 0.719. The second-order valence-corrected chi connectivity index (χ2v) is 6.32. The summed E-state index contributed by atoms with van der Waals surface area (Å²) in [4.78, 5) is 12.9. The average molecular weight is 383 g/mol. The van der Waals surface area contributed by atoms with Gasteiger partial charge in [0.1, 0.15) is 10.6 Å². The highest BCUT2D eigenvalue weighted by Gasteiger charge is 2.16. The lowest BCUT2D eigenvalue weighted by Crippen LogP contribution is -2.13. The molecule has 1 amide bonds. The van der Waals surface area contributed by atoms with E-state index in [0.29, 0.717) is 21.3 Å². The predicted octanol–water partition coefficient (Wildman–Crippen LogP) is 4.60. The van der Waals surface area contributed by atoms with Gasteiger partial charge in [-0.1, -0.05) is 17.7 Å². The van der Waals surface area contributed by atoms with Gasteiger partial charge >= 0.3 is 0 Å². The van der Waals surface area contributed by atoms with Gasteiger partial charge in [-0.2, -0.15) is 5.10 Å². The number of rotatable bonds is 3. The Bertz CT molecular complexity index is 785. The molecule has 0 aliphatic heterocycles. The van der Waals surface area contributed by atoms with E-state index >= 15 is 0 Å². The Kier molecular flexibility index (Phi) is 4.10. The van der Waals surface area contributed by atoms with E-state index in [1.807, 2.05) is 11.4 Å². The summed E-state index contributed by atoms with van der Waals surface area (Å²) < 4.78 is 2.40. The number of hydrogen-bond donors (Lipinski definition) is 1. The minimum atomic E-state index is -0.187. The number of anilines is 1. The number of halogens is 2. The van der Waals surface area contributed by atoms with Gasteiger partial charge in [0.15, 0.2) is 0 Å². The summed E-state index contributed by atoms with van der Waals surface area (Å²) in [6.45, 7) is 0. The van der Waals surface area contributed by atoms with E-state index in [-0.39, 0.29) is 5.91 Å². The van der Waals surface area contributed by atoms with E-state index in [2.05, 4.69) is 26.3 Å². The van der Waals surface area contributed by atoms with Crippen LogP contribution in [0.5, 0.6) is 0 Å². The van der Waals surface area contributed by atoms with Gasteiger partial charge in [-0.25, -0.2) is 4.68 Å². The molecule has 1 aromatic carbocycles. The Hall–Kier alpha value is -1.63. The van der Waals surface area contributed by atoms with Crippen LogP contribution in [-0.4, -0.2) is 15.7 Å². The molecule has 3 rings (SSSR count). The molecule has 0 radical (unpaired) electrons. The third-order valence-electron chi connectivity index (χ3n) is 2.79. The van der Waals surface area contributed by atoms with Crippen molar-refractivity contribution in [2.45, 2.75) is 0 Å². The maximum atomic E-state index is 12.3. The highest BCUT2D eigenvalue weighted by molar-refractivity contribution is 9.10. The van der Waals surface area contributed by atoms with E-state index in [9.17, 15) is 4.79 Å². The predicted molar refractivity (Wildman–Crippen MR) is 88.5 cm³/mol. The Morgan fingerprint density at radius 3 is 2.86 bits per heavy atom. The number of aromatic nitrogens is 2. The molecule has 2 aromatic heterocycles. The number of nitrogens with one attached hydrogen (secondary N) is 1. The van der Waals surface area contributed by atoms with Crippen molar-refractivity contribution >= 4 is 50.5 Å². The third kappa shape index (κ3) is 2.88. The molecule has 21 heavy (non-hydrogen) atoms. The van der Waals surface area contributed by atoms with Crippen LogP contribution in [0.15, 0.2) is 52.6 Å². The zero-order chi connectivity index (χ0) is 14.8. The molecule has 0 aliphatic carbocycles. The molecule has 0 spiro atoms. The molecular formula is C14H9BrClN3OS. The maximum Gasteiger partial charge on any atom is 0.266 e. The molecular weight excluding hydrogens is 374 g/mol. The lowest BCUT2D eigenvalue weighted by molar-refractivity contribution is 0.103. The first-order valence-electron chi connectivity index (χ1n) is 5.99. The number of nitrogens with zero attached hydrogens (tertiary/aromatic N) is 2. The number of para-hydroxylation sites is 1. The molecule has 0 aliphatic rings. The van der Waals surface area contributed by atoms with E-state index < -0.39 is 0 Å². The maximum absolute atomic E-state index is 12.3. The molecule has 2 heterocycles. The van der Waals surface area contributed by atoms with Gasteiger partial charge < -0.3 is 5.32 Å². The van der Waals surface area contributed by atoms with Gasteiger partial charge in [-0.15, -0.1) is 11.3 Å². The zero-order valence-corrected chi connectivity index (χ0v) is 13.7. The Labute approximate surface area is 138 Å². The van der Waals surface area contributed by atoms with Crippen molar-refractivity contribution in [1.29, 1.82) is 0 Å². The largest absolute Gasteiger partial charge is 0.319 e. The standard InChI is InChI=1S/C14H9BrClN3OS/c15-9-5-8-21-13(9)14(20)18-11-4-1-3-10(16)12(11)19-7-2-6-17-19/h1-8H,(H,18,20). The summed E-state index contributed by atoms with van der Waals surface area (Å²) in [5.74, 6) is -0.187. The van der Waals surface area contributed by atoms with Gasteiger partial charge in [0.2, 0.25) is 0 Å². The van der Waals surface area contributed by atoms with Crippen LogP contribution >= 0.6 is 38.9 Å². The number of hydrogen-bond acceptors (Lipinski definition) is 3. The third-order valence-corrected chi connectivity index (χ3v) is 4.93. The number of carbonyl (C=O) groups excluding carboxylic acids is 1. The molecule has 0 bridgehead atoms. The Morgan fingerprint density at radius 2 is 2.19 bits per heavy atom. The van der Waals surface area contributed by atoms with E-state index in [0.717, 1.165) is 4.47 Å². The number of carbonyl (C=O) groups is 1. The van der Waals surface area contributed by atoms with E-state index in [4.69, 9.17) is 11.6 Å². The van der Waals surface area contributed by atoms with Crippen LogP contribution < -0.4 is 5.32 Å². The van der Waals surface area contributed by atoms with Gasteiger partial charge in [0.05, 0.1) is 10.7 Å². The number of amides is 1. The molecule has 1 N–H and O–H groups in total. The van der Waals surface area contributed by atoms with E-state index in [1.165, 1.54) is 11.3 Å². The molecule has 0 atom stereocenters. The highest BCUT2D eigenvalue weighted by Crippen LogP contribution is 2.30. The first-order chi connectivity index (χ1) is 10.2. The first kappa shape index (κ1) is 14.3. The van der Waals surface area contributed by atoms with Crippen LogP contribution in [0.25, 0.3) is 5.69 Å². The number of thiophene rings is 1.